The third-order valence-electron chi connectivity index (χ3n) is 4.98. The van der Waals surface area contributed by atoms with Crippen LogP contribution in [-0.4, -0.2) is 55.5 Å². The van der Waals surface area contributed by atoms with E-state index in [0.29, 0.717) is 18.7 Å². The molecule has 138 valence electrons. The molecule has 1 fully saturated rings. The van der Waals surface area contributed by atoms with Crippen molar-refractivity contribution in [2.45, 2.75) is 13.5 Å². The third kappa shape index (κ3) is 4.41. The lowest BCUT2D eigenvalue weighted by Crippen LogP contribution is -2.49. The van der Waals surface area contributed by atoms with Gasteiger partial charge in [0.1, 0.15) is 5.82 Å². The summed E-state index contributed by atoms with van der Waals surface area (Å²) >= 11 is 0. The summed E-state index contributed by atoms with van der Waals surface area (Å²) in [5.41, 5.74) is 3.10. The second kappa shape index (κ2) is 8.32. The highest BCUT2D eigenvalue weighted by Gasteiger charge is 2.21. The molecular weight excluding hydrogens is 329 g/mol. The number of hydrogen-bond acceptors (Lipinski definition) is 3. The van der Waals surface area contributed by atoms with E-state index in [0.717, 1.165) is 26.2 Å². The standard InChI is InChI=1S/C21H26FN3O/c1-17-7-3-6-10-20(17)25-13-11-24(12-14-25)16-21(26)23(2)15-18-8-4-5-9-19(18)22/h3-10H,11-16H2,1-2H3. The molecule has 0 aliphatic carbocycles. The van der Waals surface area contributed by atoms with E-state index >= 15 is 0 Å². The molecule has 2 aromatic carbocycles. The van der Waals surface area contributed by atoms with Crippen molar-refractivity contribution in [2.75, 3.05) is 44.7 Å². The molecule has 3 rings (SSSR count). The summed E-state index contributed by atoms with van der Waals surface area (Å²) in [6, 6.07) is 15.0. The predicted molar refractivity (Wildman–Crippen MR) is 103 cm³/mol. The van der Waals surface area contributed by atoms with Gasteiger partial charge in [-0.05, 0) is 24.6 Å². The van der Waals surface area contributed by atoms with Gasteiger partial charge in [-0.2, -0.15) is 0 Å². The summed E-state index contributed by atoms with van der Waals surface area (Å²) in [4.78, 5) is 18.6. The Hall–Kier alpha value is -2.40. The first-order chi connectivity index (χ1) is 12.5. The number of carbonyl (C=O) groups is 1. The fourth-order valence-corrected chi connectivity index (χ4v) is 3.35. The van der Waals surface area contributed by atoms with E-state index in [-0.39, 0.29) is 11.7 Å². The number of halogens is 1. The number of carbonyl (C=O) groups excluding carboxylic acids is 1. The van der Waals surface area contributed by atoms with Crippen LogP contribution in [0.4, 0.5) is 10.1 Å². The fourth-order valence-electron chi connectivity index (χ4n) is 3.35. The van der Waals surface area contributed by atoms with Gasteiger partial charge in [-0.25, -0.2) is 4.39 Å². The van der Waals surface area contributed by atoms with Crippen LogP contribution in [0.1, 0.15) is 11.1 Å². The molecule has 0 unspecified atom stereocenters. The van der Waals surface area contributed by atoms with Crippen LogP contribution in [0.15, 0.2) is 48.5 Å². The first-order valence-electron chi connectivity index (χ1n) is 9.05. The minimum atomic E-state index is -0.265. The van der Waals surface area contributed by atoms with Crippen molar-refractivity contribution in [3.63, 3.8) is 0 Å². The van der Waals surface area contributed by atoms with Crippen molar-refractivity contribution in [1.82, 2.24) is 9.80 Å². The number of para-hydroxylation sites is 1. The molecular formula is C21H26FN3O. The topological polar surface area (TPSA) is 26.8 Å². The number of anilines is 1. The van der Waals surface area contributed by atoms with Gasteiger partial charge in [0.25, 0.3) is 0 Å². The number of rotatable bonds is 5. The van der Waals surface area contributed by atoms with Crippen LogP contribution in [-0.2, 0) is 11.3 Å². The SMILES string of the molecule is Cc1ccccc1N1CCN(CC(=O)N(C)Cc2ccccc2F)CC1. The second-order valence-corrected chi connectivity index (χ2v) is 6.89. The monoisotopic (exact) mass is 355 g/mol. The van der Waals surface area contributed by atoms with Crippen molar-refractivity contribution in [3.05, 3.63) is 65.5 Å². The molecule has 1 aliphatic heterocycles. The van der Waals surface area contributed by atoms with Crippen LogP contribution in [0.3, 0.4) is 0 Å². The normalized spacial score (nSPS) is 15.1. The molecule has 1 heterocycles. The fraction of sp³-hybridized carbons (Fsp3) is 0.381. The minimum Gasteiger partial charge on any atom is -0.369 e. The van der Waals surface area contributed by atoms with E-state index in [9.17, 15) is 9.18 Å². The lowest BCUT2D eigenvalue weighted by Gasteiger charge is -2.37. The Kier molecular flexibility index (Phi) is 5.89. The van der Waals surface area contributed by atoms with Gasteiger partial charge >= 0.3 is 0 Å². The van der Waals surface area contributed by atoms with E-state index in [1.807, 2.05) is 0 Å². The van der Waals surface area contributed by atoms with Crippen molar-refractivity contribution < 1.29 is 9.18 Å². The molecule has 5 heteroatoms. The molecule has 1 aliphatic rings. The number of likely N-dealkylation sites (N-methyl/N-ethyl adjacent to an activating group) is 1. The van der Waals surface area contributed by atoms with Crippen LogP contribution >= 0.6 is 0 Å². The van der Waals surface area contributed by atoms with Crippen LogP contribution in [0.5, 0.6) is 0 Å². The van der Waals surface area contributed by atoms with E-state index in [1.54, 1.807) is 30.1 Å². The van der Waals surface area contributed by atoms with Gasteiger partial charge in [0.2, 0.25) is 5.91 Å². The molecule has 0 spiro atoms. The first-order valence-corrected chi connectivity index (χ1v) is 9.05. The molecule has 26 heavy (non-hydrogen) atoms. The minimum absolute atomic E-state index is 0.0256. The molecule has 0 saturated carbocycles. The molecule has 0 N–H and O–H groups in total. The van der Waals surface area contributed by atoms with Crippen LogP contribution in [0.2, 0.25) is 0 Å². The van der Waals surface area contributed by atoms with E-state index in [1.165, 1.54) is 17.3 Å². The highest BCUT2D eigenvalue weighted by atomic mass is 19.1. The molecule has 1 saturated heterocycles. The van der Waals surface area contributed by atoms with Crippen molar-refractivity contribution in [2.24, 2.45) is 0 Å². The number of benzene rings is 2. The number of amides is 1. The van der Waals surface area contributed by atoms with Gasteiger partial charge in [0, 0.05) is 51.0 Å². The zero-order valence-electron chi connectivity index (χ0n) is 15.5. The van der Waals surface area contributed by atoms with Gasteiger partial charge in [0.05, 0.1) is 6.54 Å². The summed E-state index contributed by atoms with van der Waals surface area (Å²) in [5, 5.41) is 0. The average molecular weight is 355 g/mol. The molecule has 0 radical (unpaired) electrons. The van der Waals surface area contributed by atoms with Crippen LogP contribution < -0.4 is 4.90 Å². The lowest BCUT2D eigenvalue weighted by atomic mass is 10.1. The summed E-state index contributed by atoms with van der Waals surface area (Å²) in [5.74, 6) is -0.239. The largest absolute Gasteiger partial charge is 0.369 e. The predicted octanol–water partition coefficient (Wildman–Crippen LogP) is 2.91. The first kappa shape index (κ1) is 18.4. The Morgan fingerprint density at radius 1 is 1.04 bits per heavy atom. The number of hydrogen-bond donors (Lipinski definition) is 0. The molecule has 2 aromatic rings. The zero-order valence-corrected chi connectivity index (χ0v) is 15.5. The van der Waals surface area contributed by atoms with Gasteiger partial charge in [-0.15, -0.1) is 0 Å². The van der Waals surface area contributed by atoms with Gasteiger partial charge < -0.3 is 9.80 Å². The Labute approximate surface area is 154 Å². The molecule has 0 bridgehead atoms. The molecule has 0 atom stereocenters. The van der Waals surface area contributed by atoms with E-state index < -0.39 is 0 Å². The van der Waals surface area contributed by atoms with Crippen molar-refractivity contribution >= 4 is 11.6 Å². The molecule has 1 amide bonds. The highest BCUT2D eigenvalue weighted by Crippen LogP contribution is 2.20. The quantitative estimate of drug-likeness (QED) is 0.825. The summed E-state index contributed by atoms with van der Waals surface area (Å²) in [7, 11) is 1.73. The third-order valence-corrected chi connectivity index (χ3v) is 4.98. The van der Waals surface area contributed by atoms with Gasteiger partial charge in [-0.3, -0.25) is 9.69 Å². The summed E-state index contributed by atoms with van der Waals surface area (Å²) in [6.45, 7) is 6.34. The number of piperazine rings is 1. The second-order valence-electron chi connectivity index (χ2n) is 6.89. The molecule has 0 aromatic heterocycles. The molecule has 4 nitrogen and oxygen atoms in total. The number of aryl methyl sites for hydroxylation is 1. The lowest BCUT2D eigenvalue weighted by molar-refractivity contribution is -0.131. The van der Waals surface area contributed by atoms with Gasteiger partial charge in [0.15, 0.2) is 0 Å². The smallest absolute Gasteiger partial charge is 0.236 e. The van der Waals surface area contributed by atoms with Crippen LogP contribution in [0, 0.1) is 12.7 Å². The summed E-state index contributed by atoms with van der Waals surface area (Å²) < 4.78 is 13.8. The van der Waals surface area contributed by atoms with Crippen molar-refractivity contribution in [1.29, 1.82) is 0 Å². The Morgan fingerprint density at radius 2 is 1.69 bits per heavy atom. The van der Waals surface area contributed by atoms with Gasteiger partial charge in [-0.1, -0.05) is 36.4 Å². The maximum Gasteiger partial charge on any atom is 0.236 e. The van der Waals surface area contributed by atoms with E-state index in [2.05, 4.69) is 41.0 Å². The van der Waals surface area contributed by atoms with Crippen molar-refractivity contribution in [3.8, 4) is 0 Å². The summed E-state index contributed by atoms with van der Waals surface area (Å²) in [6.07, 6.45) is 0. The zero-order chi connectivity index (χ0) is 18.5. The maximum absolute atomic E-state index is 13.8. The van der Waals surface area contributed by atoms with E-state index in [4.69, 9.17) is 0 Å². The van der Waals surface area contributed by atoms with Crippen LogP contribution in [0.25, 0.3) is 0 Å². The number of nitrogens with zero attached hydrogens (tertiary/aromatic N) is 3. The Bertz CT molecular complexity index is 756. The Balaban J connectivity index is 1.50. The maximum atomic E-state index is 13.8. The average Bonchev–Trinajstić information content (AvgIpc) is 2.65. The highest BCUT2D eigenvalue weighted by molar-refractivity contribution is 5.78. The Morgan fingerprint density at radius 3 is 2.38 bits per heavy atom.